The molecule has 1 aliphatic rings. The second-order valence-electron chi connectivity index (χ2n) is 7.80. The van der Waals surface area contributed by atoms with Crippen molar-refractivity contribution in [1.82, 2.24) is 5.16 Å². The maximum atomic E-state index is 11.2. The maximum absolute atomic E-state index is 11.2. The molecule has 0 fully saturated rings. The van der Waals surface area contributed by atoms with E-state index < -0.39 is 12.1 Å². The van der Waals surface area contributed by atoms with E-state index in [2.05, 4.69) is 12.1 Å². The predicted octanol–water partition coefficient (Wildman–Crippen LogP) is 6.78. The Morgan fingerprint density at radius 1 is 1.33 bits per heavy atom. The number of allylic oxidation sites excluding steroid dienone is 3. The standard InChI is InChI=1S/C25H23Cl2NO5/c1-3-5-15-10-18(32-17-7-4-6-16(26)11-17)8-9-19(15)24-20-12-23(31-14(2)25(29)30)21(27)13-22(20)33-28-24/h4,7-14,16H,3,5-6H2,1-2H3,(H,29,30)/t14-,16?/m0/s1. The molecule has 0 saturated heterocycles. The summed E-state index contributed by atoms with van der Waals surface area (Å²) in [5, 5.41) is 14.3. The summed E-state index contributed by atoms with van der Waals surface area (Å²) in [6.07, 6.45) is 7.27. The Morgan fingerprint density at radius 2 is 2.15 bits per heavy atom. The fourth-order valence-electron chi connectivity index (χ4n) is 3.63. The van der Waals surface area contributed by atoms with E-state index in [-0.39, 0.29) is 16.1 Å². The molecule has 6 nitrogen and oxygen atoms in total. The van der Waals surface area contributed by atoms with Gasteiger partial charge in [0.15, 0.2) is 11.7 Å². The molecule has 172 valence electrons. The predicted molar refractivity (Wildman–Crippen MR) is 128 cm³/mol. The molecule has 0 bridgehead atoms. The van der Waals surface area contributed by atoms with E-state index in [0.717, 1.165) is 30.4 Å². The molecule has 3 aromatic rings. The van der Waals surface area contributed by atoms with Crippen molar-refractivity contribution in [2.45, 2.75) is 44.6 Å². The van der Waals surface area contributed by atoms with Crippen LogP contribution in [0.25, 0.3) is 22.2 Å². The number of carboxylic acids is 1. The van der Waals surface area contributed by atoms with E-state index >= 15 is 0 Å². The molecule has 2 atom stereocenters. The highest BCUT2D eigenvalue weighted by molar-refractivity contribution is 6.32. The number of nitrogens with zero attached hydrogens (tertiary/aromatic N) is 1. The zero-order valence-corrected chi connectivity index (χ0v) is 19.7. The summed E-state index contributed by atoms with van der Waals surface area (Å²) in [7, 11) is 0. The molecule has 1 aromatic heterocycles. The number of rotatable bonds is 8. The van der Waals surface area contributed by atoms with Crippen LogP contribution in [0.3, 0.4) is 0 Å². The van der Waals surface area contributed by atoms with Crippen LogP contribution < -0.4 is 9.47 Å². The van der Waals surface area contributed by atoms with Crippen molar-refractivity contribution in [2.75, 3.05) is 0 Å². The largest absolute Gasteiger partial charge is 0.479 e. The molecule has 0 spiro atoms. The molecule has 1 heterocycles. The summed E-state index contributed by atoms with van der Waals surface area (Å²) >= 11 is 12.5. The smallest absolute Gasteiger partial charge is 0.344 e. The van der Waals surface area contributed by atoms with Crippen molar-refractivity contribution in [2.24, 2.45) is 0 Å². The minimum absolute atomic E-state index is 0.0760. The van der Waals surface area contributed by atoms with Crippen molar-refractivity contribution in [3.63, 3.8) is 0 Å². The number of aryl methyl sites for hydroxylation is 1. The topological polar surface area (TPSA) is 81.8 Å². The van der Waals surface area contributed by atoms with Gasteiger partial charge < -0.3 is 19.1 Å². The van der Waals surface area contributed by atoms with Gasteiger partial charge >= 0.3 is 5.97 Å². The minimum atomic E-state index is -1.08. The lowest BCUT2D eigenvalue weighted by Gasteiger charge is -2.15. The highest BCUT2D eigenvalue weighted by atomic mass is 35.5. The van der Waals surface area contributed by atoms with Crippen LogP contribution in [0, 0.1) is 0 Å². The number of alkyl halides is 1. The van der Waals surface area contributed by atoms with Crippen molar-refractivity contribution >= 4 is 40.1 Å². The molecule has 0 amide bonds. The van der Waals surface area contributed by atoms with E-state index in [4.69, 9.17) is 42.3 Å². The highest BCUT2D eigenvalue weighted by Gasteiger charge is 2.20. The second-order valence-corrected chi connectivity index (χ2v) is 8.77. The Bertz CT molecular complexity index is 1250. The number of aliphatic carboxylic acids is 1. The van der Waals surface area contributed by atoms with Crippen molar-refractivity contribution in [1.29, 1.82) is 0 Å². The van der Waals surface area contributed by atoms with E-state index in [1.165, 1.54) is 6.92 Å². The average Bonchev–Trinajstić information content (AvgIpc) is 3.16. The highest BCUT2D eigenvalue weighted by Crippen LogP contribution is 2.38. The van der Waals surface area contributed by atoms with Gasteiger partial charge in [0, 0.05) is 11.6 Å². The maximum Gasteiger partial charge on any atom is 0.344 e. The first-order valence-electron chi connectivity index (χ1n) is 10.7. The first-order chi connectivity index (χ1) is 15.9. The number of carbonyl (C=O) groups is 1. The number of halogens is 2. The molecular formula is C25H23Cl2NO5. The summed E-state index contributed by atoms with van der Waals surface area (Å²) < 4.78 is 17.1. The Morgan fingerprint density at radius 3 is 2.88 bits per heavy atom. The number of fused-ring (bicyclic) bond motifs is 1. The number of ether oxygens (including phenoxy) is 2. The lowest BCUT2D eigenvalue weighted by Crippen LogP contribution is -2.22. The van der Waals surface area contributed by atoms with Crippen molar-refractivity contribution in [3.8, 4) is 22.8 Å². The van der Waals surface area contributed by atoms with Crippen LogP contribution in [0.2, 0.25) is 5.02 Å². The molecule has 0 saturated carbocycles. The van der Waals surface area contributed by atoms with E-state index in [9.17, 15) is 4.79 Å². The lowest BCUT2D eigenvalue weighted by atomic mass is 9.98. The minimum Gasteiger partial charge on any atom is -0.479 e. The van der Waals surface area contributed by atoms with Gasteiger partial charge in [0.05, 0.1) is 15.8 Å². The molecular weight excluding hydrogens is 465 g/mol. The molecule has 1 aliphatic carbocycles. The average molecular weight is 488 g/mol. The Hall–Kier alpha value is -2.96. The monoisotopic (exact) mass is 487 g/mol. The van der Waals surface area contributed by atoms with Gasteiger partial charge in [0.1, 0.15) is 23.0 Å². The number of hydrogen-bond acceptors (Lipinski definition) is 5. The van der Waals surface area contributed by atoms with Gasteiger partial charge in [-0.25, -0.2) is 4.79 Å². The SMILES string of the molecule is CCCc1cc(OC2=CC(Cl)CC=C2)ccc1-c1noc2cc(Cl)c(O[C@@H](C)C(=O)O)cc12. The van der Waals surface area contributed by atoms with Crippen LogP contribution >= 0.6 is 23.2 Å². The summed E-state index contributed by atoms with van der Waals surface area (Å²) in [6, 6.07) is 9.06. The van der Waals surface area contributed by atoms with Crippen LogP contribution in [0.15, 0.2) is 58.8 Å². The van der Waals surface area contributed by atoms with Gasteiger partial charge in [-0.15, -0.1) is 11.6 Å². The number of benzene rings is 2. The normalized spacial score (nSPS) is 16.5. The van der Waals surface area contributed by atoms with Gasteiger partial charge in [-0.05, 0) is 61.7 Å². The van der Waals surface area contributed by atoms with Crippen LogP contribution in [0.1, 0.15) is 32.3 Å². The van der Waals surface area contributed by atoms with Crippen molar-refractivity contribution in [3.05, 3.63) is 64.9 Å². The van der Waals surface area contributed by atoms with Gasteiger partial charge in [0.25, 0.3) is 0 Å². The number of aromatic nitrogens is 1. The lowest BCUT2D eigenvalue weighted by molar-refractivity contribution is -0.144. The molecule has 0 aliphatic heterocycles. The van der Waals surface area contributed by atoms with Crippen molar-refractivity contribution < 1.29 is 23.9 Å². The quantitative estimate of drug-likeness (QED) is 0.352. The van der Waals surface area contributed by atoms with Gasteiger partial charge in [0.2, 0.25) is 0 Å². The molecule has 8 heteroatoms. The van der Waals surface area contributed by atoms with Gasteiger partial charge in [-0.2, -0.15) is 0 Å². The third kappa shape index (κ3) is 5.18. The van der Waals surface area contributed by atoms with Crippen LogP contribution in [-0.4, -0.2) is 27.7 Å². The van der Waals surface area contributed by atoms with E-state index in [0.29, 0.717) is 28.2 Å². The first kappa shape index (κ1) is 23.2. The van der Waals surface area contributed by atoms with E-state index in [1.807, 2.05) is 36.4 Å². The molecule has 2 aromatic carbocycles. The summed E-state index contributed by atoms with van der Waals surface area (Å²) in [5.74, 6) is 0.597. The molecule has 0 radical (unpaired) electrons. The Kier molecular flexibility index (Phi) is 6.96. The van der Waals surface area contributed by atoms with Crippen LogP contribution in [0.4, 0.5) is 0 Å². The molecule has 33 heavy (non-hydrogen) atoms. The van der Waals surface area contributed by atoms with Gasteiger partial charge in [-0.1, -0.05) is 36.2 Å². The number of carboxylic acid groups (broad SMARTS) is 1. The summed E-state index contributed by atoms with van der Waals surface area (Å²) in [4.78, 5) is 11.2. The number of hydrogen-bond donors (Lipinski definition) is 1. The van der Waals surface area contributed by atoms with Gasteiger partial charge in [-0.3, -0.25) is 0 Å². The van der Waals surface area contributed by atoms with Crippen LogP contribution in [-0.2, 0) is 11.2 Å². The third-order valence-corrected chi connectivity index (χ3v) is 5.85. The molecule has 4 rings (SSSR count). The fourth-order valence-corrected chi connectivity index (χ4v) is 4.05. The Labute approximate surface area is 201 Å². The molecule has 1 N–H and O–H groups in total. The Balaban J connectivity index is 1.72. The third-order valence-electron chi connectivity index (χ3n) is 5.25. The first-order valence-corrected chi connectivity index (χ1v) is 11.5. The van der Waals surface area contributed by atoms with E-state index in [1.54, 1.807) is 12.1 Å². The second kappa shape index (κ2) is 9.89. The zero-order chi connectivity index (χ0) is 23.5. The fraction of sp³-hybridized carbons (Fsp3) is 0.280. The molecule has 1 unspecified atom stereocenters. The summed E-state index contributed by atoms with van der Waals surface area (Å²) in [5.41, 5.74) is 3.05. The zero-order valence-electron chi connectivity index (χ0n) is 18.2. The van der Waals surface area contributed by atoms with Crippen LogP contribution in [0.5, 0.6) is 11.5 Å². The summed E-state index contributed by atoms with van der Waals surface area (Å²) in [6.45, 7) is 3.54.